The lowest BCUT2D eigenvalue weighted by atomic mass is 10.1. The quantitative estimate of drug-likeness (QED) is 0.802. The van der Waals surface area contributed by atoms with Gasteiger partial charge in [0.2, 0.25) is 0 Å². The maximum absolute atomic E-state index is 11.1. The lowest BCUT2D eigenvalue weighted by Gasteiger charge is -2.21. The first-order chi connectivity index (χ1) is 9.63. The summed E-state index contributed by atoms with van der Waals surface area (Å²) in [5, 5.41) is 8.92. The Morgan fingerprint density at radius 2 is 2.10 bits per heavy atom. The van der Waals surface area contributed by atoms with E-state index < -0.39 is 0 Å². The number of anilines is 1. The van der Waals surface area contributed by atoms with Crippen LogP contribution in [-0.4, -0.2) is 13.3 Å². The molecule has 0 bridgehead atoms. The van der Waals surface area contributed by atoms with Crippen molar-refractivity contribution < 1.29 is 4.79 Å². The highest BCUT2D eigenvalue weighted by Crippen LogP contribution is 2.24. The molecule has 2 aromatic rings. The van der Waals surface area contributed by atoms with E-state index in [2.05, 4.69) is 22.0 Å². The third-order valence-electron chi connectivity index (χ3n) is 3.01. The maximum Gasteiger partial charge on any atom is 0.152 e. The molecule has 2 rings (SSSR count). The summed E-state index contributed by atoms with van der Waals surface area (Å²) in [4.78, 5) is 13.1. The second kappa shape index (κ2) is 6.36. The Morgan fingerprint density at radius 3 is 2.80 bits per heavy atom. The number of benzene rings is 2. The predicted molar refractivity (Wildman–Crippen MR) is 82.8 cm³/mol. The number of carbonyl (C=O) groups excluding carboxylic acids is 1. The van der Waals surface area contributed by atoms with Crippen LogP contribution in [0, 0.1) is 11.3 Å². The monoisotopic (exact) mass is 328 g/mol. The molecule has 0 spiro atoms. The number of hydrogen-bond acceptors (Lipinski definition) is 3. The molecule has 0 amide bonds. The van der Waals surface area contributed by atoms with Gasteiger partial charge in [0.15, 0.2) is 6.29 Å². The van der Waals surface area contributed by atoms with Crippen LogP contribution in [0.15, 0.2) is 46.9 Å². The van der Waals surface area contributed by atoms with E-state index in [1.165, 1.54) is 0 Å². The van der Waals surface area contributed by atoms with Gasteiger partial charge in [-0.15, -0.1) is 0 Å². The molecule has 100 valence electrons. The molecular weight excluding hydrogens is 316 g/mol. The predicted octanol–water partition coefficient (Wildman–Crippen LogP) is 3.77. The third-order valence-corrected chi connectivity index (χ3v) is 3.50. The molecule has 20 heavy (non-hydrogen) atoms. The van der Waals surface area contributed by atoms with Crippen LogP contribution in [0.4, 0.5) is 5.69 Å². The number of halogens is 1. The summed E-state index contributed by atoms with van der Waals surface area (Å²) in [5.74, 6) is 0. The molecule has 0 aromatic heterocycles. The van der Waals surface area contributed by atoms with Crippen molar-refractivity contribution in [3.05, 3.63) is 63.6 Å². The average molecular weight is 329 g/mol. The molecule has 0 saturated heterocycles. The number of nitrogens with zero attached hydrogens (tertiary/aromatic N) is 2. The lowest BCUT2D eigenvalue weighted by molar-refractivity contribution is 0.112. The van der Waals surface area contributed by atoms with Gasteiger partial charge in [-0.1, -0.05) is 28.1 Å². The Bertz CT molecular complexity index is 676. The van der Waals surface area contributed by atoms with Crippen molar-refractivity contribution in [2.45, 2.75) is 6.54 Å². The summed E-state index contributed by atoms with van der Waals surface area (Å²) in [6.45, 7) is 0.632. The first kappa shape index (κ1) is 14.3. The third kappa shape index (κ3) is 3.25. The van der Waals surface area contributed by atoms with Crippen LogP contribution in [0.25, 0.3) is 0 Å². The Hall–Kier alpha value is -2.12. The summed E-state index contributed by atoms with van der Waals surface area (Å²) in [6, 6.07) is 15.1. The average Bonchev–Trinajstić information content (AvgIpc) is 2.47. The van der Waals surface area contributed by atoms with Crippen LogP contribution in [0.1, 0.15) is 21.5 Å². The molecular formula is C16H13BrN2O. The van der Waals surface area contributed by atoms with Crippen LogP contribution in [0.2, 0.25) is 0 Å². The number of aldehydes is 1. The number of carbonyl (C=O) groups is 1. The Labute approximate surface area is 126 Å². The van der Waals surface area contributed by atoms with Gasteiger partial charge in [-0.3, -0.25) is 4.79 Å². The minimum Gasteiger partial charge on any atom is -0.370 e. The van der Waals surface area contributed by atoms with Gasteiger partial charge >= 0.3 is 0 Å². The van der Waals surface area contributed by atoms with Crippen molar-refractivity contribution in [3.8, 4) is 6.07 Å². The molecule has 2 aromatic carbocycles. The Balaban J connectivity index is 2.28. The van der Waals surface area contributed by atoms with Crippen molar-refractivity contribution in [2.75, 3.05) is 11.9 Å². The van der Waals surface area contributed by atoms with Crippen molar-refractivity contribution in [1.29, 1.82) is 5.26 Å². The van der Waals surface area contributed by atoms with E-state index in [0.29, 0.717) is 17.7 Å². The van der Waals surface area contributed by atoms with Gasteiger partial charge in [-0.2, -0.15) is 5.26 Å². The van der Waals surface area contributed by atoms with E-state index in [9.17, 15) is 4.79 Å². The fourth-order valence-corrected chi connectivity index (χ4v) is 2.39. The van der Waals surface area contributed by atoms with E-state index in [0.717, 1.165) is 22.0 Å². The van der Waals surface area contributed by atoms with Gasteiger partial charge in [0.25, 0.3) is 0 Å². The summed E-state index contributed by atoms with van der Waals surface area (Å²) in [7, 11) is 1.92. The second-order valence-corrected chi connectivity index (χ2v) is 5.40. The minimum atomic E-state index is 0.632. The highest BCUT2D eigenvalue weighted by molar-refractivity contribution is 9.10. The molecule has 0 N–H and O–H groups in total. The summed E-state index contributed by atoms with van der Waals surface area (Å²) in [6.07, 6.45) is 0.851. The number of nitriles is 1. The van der Waals surface area contributed by atoms with Gasteiger partial charge in [-0.25, -0.2) is 0 Å². The zero-order valence-corrected chi connectivity index (χ0v) is 12.6. The largest absolute Gasteiger partial charge is 0.370 e. The highest BCUT2D eigenvalue weighted by atomic mass is 79.9. The second-order valence-electron chi connectivity index (χ2n) is 4.49. The smallest absolute Gasteiger partial charge is 0.152 e. The maximum atomic E-state index is 11.1. The zero-order valence-electron chi connectivity index (χ0n) is 11.0. The molecule has 0 atom stereocenters. The van der Waals surface area contributed by atoms with Gasteiger partial charge in [-0.05, 0) is 35.9 Å². The molecule has 0 aliphatic carbocycles. The van der Waals surface area contributed by atoms with Crippen LogP contribution in [0.5, 0.6) is 0 Å². The van der Waals surface area contributed by atoms with Gasteiger partial charge in [0, 0.05) is 29.3 Å². The van der Waals surface area contributed by atoms with Gasteiger partial charge in [0.05, 0.1) is 11.6 Å². The molecule has 0 saturated carbocycles. The summed E-state index contributed by atoms with van der Waals surface area (Å²) >= 11 is 3.42. The normalized spacial score (nSPS) is 9.85. The van der Waals surface area contributed by atoms with E-state index in [4.69, 9.17) is 5.26 Å². The molecule has 0 radical (unpaired) electrons. The van der Waals surface area contributed by atoms with Crippen molar-refractivity contribution >= 4 is 27.9 Å². The van der Waals surface area contributed by atoms with Crippen molar-refractivity contribution in [3.63, 3.8) is 0 Å². The molecule has 0 aliphatic rings. The molecule has 3 nitrogen and oxygen atoms in total. The fourth-order valence-electron chi connectivity index (χ4n) is 2.05. The molecule has 0 aliphatic heterocycles. The van der Waals surface area contributed by atoms with Gasteiger partial charge in [0.1, 0.15) is 0 Å². The molecule has 0 fully saturated rings. The first-order valence-corrected chi connectivity index (χ1v) is 6.88. The van der Waals surface area contributed by atoms with Crippen LogP contribution in [0.3, 0.4) is 0 Å². The molecule has 4 heteroatoms. The van der Waals surface area contributed by atoms with Crippen molar-refractivity contribution in [2.24, 2.45) is 0 Å². The van der Waals surface area contributed by atoms with Crippen LogP contribution < -0.4 is 4.90 Å². The first-order valence-electron chi connectivity index (χ1n) is 6.09. The lowest BCUT2D eigenvalue weighted by Crippen LogP contribution is -2.18. The fraction of sp³-hybridized carbons (Fsp3) is 0.125. The summed E-state index contributed by atoms with van der Waals surface area (Å²) < 4.78 is 0.927. The Kier molecular flexibility index (Phi) is 4.54. The molecule has 0 unspecified atom stereocenters. The van der Waals surface area contributed by atoms with E-state index >= 15 is 0 Å². The number of hydrogen-bond donors (Lipinski definition) is 0. The highest BCUT2D eigenvalue weighted by Gasteiger charge is 2.08. The zero-order chi connectivity index (χ0) is 14.5. The SMILES string of the molecule is CN(Cc1cccc(C#N)c1)c1cc(Br)ccc1C=O. The Morgan fingerprint density at radius 1 is 1.30 bits per heavy atom. The van der Waals surface area contributed by atoms with Crippen molar-refractivity contribution in [1.82, 2.24) is 0 Å². The topological polar surface area (TPSA) is 44.1 Å². The van der Waals surface area contributed by atoms with Crippen LogP contribution >= 0.6 is 15.9 Å². The molecule has 0 heterocycles. The summed E-state index contributed by atoms with van der Waals surface area (Å²) in [5.41, 5.74) is 3.17. The van der Waals surface area contributed by atoms with Crippen LogP contribution in [-0.2, 0) is 6.54 Å². The minimum absolute atomic E-state index is 0.632. The van der Waals surface area contributed by atoms with Gasteiger partial charge < -0.3 is 4.90 Å². The number of rotatable bonds is 4. The van der Waals surface area contributed by atoms with E-state index in [1.54, 1.807) is 12.1 Å². The van der Waals surface area contributed by atoms with E-state index in [1.807, 2.05) is 42.3 Å². The van der Waals surface area contributed by atoms with E-state index in [-0.39, 0.29) is 0 Å². The standard InChI is InChI=1S/C16H13BrN2O/c1-19(10-13-4-2-3-12(7-13)9-18)16-8-15(17)6-5-14(16)11-20/h2-8,11H,10H2,1H3.